The zero-order valence-electron chi connectivity index (χ0n) is 11.0. The molecule has 5 heteroatoms. The standard InChI is InChI=1S/C14H18N4O/c1-2-3-9-12(15)14(19)13-10-16-17-18(13)11-7-5-4-6-8-11/h4-8,10,12H,2-3,9,15H2,1H3. The van der Waals surface area contributed by atoms with Crippen LogP contribution < -0.4 is 5.73 Å². The van der Waals surface area contributed by atoms with Crippen molar-refractivity contribution in [3.05, 3.63) is 42.2 Å². The van der Waals surface area contributed by atoms with E-state index in [1.807, 2.05) is 30.3 Å². The smallest absolute Gasteiger partial charge is 0.199 e. The highest BCUT2D eigenvalue weighted by atomic mass is 16.1. The van der Waals surface area contributed by atoms with Crippen LogP contribution in [0.1, 0.15) is 36.7 Å². The second-order valence-corrected chi connectivity index (χ2v) is 4.48. The number of benzene rings is 1. The van der Waals surface area contributed by atoms with Gasteiger partial charge in [0.15, 0.2) is 5.78 Å². The fourth-order valence-electron chi connectivity index (χ4n) is 1.91. The van der Waals surface area contributed by atoms with Crippen LogP contribution in [0.2, 0.25) is 0 Å². The zero-order chi connectivity index (χ0) is 13.7. The monoisotopic (exact) mass is 258 g/mol. The molecule has 1 heterocycles. The number of carbonyl (C=O) groups excluding carboxylic acids is 1. The van der Waals surface area contributed by atoms with E-state index >= 15 is 0 Å². The van der Waals surface area contributed by atoms with E-state index < -0.39 is 6.04 Å². The van der Waals surface area contributed by atoms with Crippen molar-refractivity contribution in [1.29, 1.82) is 0 Å². The van der Waals surface area contributed by atoms with E-state index in [-0.39, 0.29) is 5.78 Å². The first-order valence-electron chi connectivity index (χ1n) is 6.50. The third kappa shape index (κ3) is 3.06. The van der Waals surface area contributed by atoms with E-state index in [9.17, 15) is 4.79 Å². The van der Waals surface area contributed by atoms with Gasteiger partial charge in [-0.25, -0.2) is 4.68 Å². The van der Waals surface area contributed by atoms with Crippen molar-refractivity contribution >= 4 is 5.78 Å². The highest BCUT2D eigenvalue weighted by Crippen LogP contribution is 2.12. The molecule has 0 aliphatic heterocycles. The Morgan fingerprint density at radius 3 is 2.79 bits per heavy atom. The summed E-state index contributed by atoms with van der Waals surface area (Å²) < 4.78 is 1.54. The highest BCUT2D eigenvalue weighted by molar-refractivity contribution is 5.98. The van der Waals surface area contributed by atoms with Crippen LogP contribution in [0.4, 0.5) is 0 Å². The lowest BCUT2D eigenvalue weighted by atomic mass is 10.0. The van der Waals surface area contributed by atoms with E-state index in [0.717, 1.165) is 18.5 Å². The summed E-state index contributed by atoms with van der Waals surface area (Å²) in [6.45, 7) is 2.08. The number of Topliss-reactive ketones (excluding diaryl/α,β-unsaturated/α-hetero) is 1. The normalized spacial score (nSPS) is 12.3. The van der Waals surface area contributed by atoms with Gasteiger partial charge in [-0.2, -0.15) is 0 Å². The van der Waals surface area contributed by atoms with Gasteiger partial charge in [-0.15, -0.1) is 5.10 Å². The molecule has 1 atom stereocenters. The van der Waals surface area contributed by atoms with Crippen LogP contribution in [-0.4, -0.2) is 26.8 Å². The average molecular weight is 258 g/mol. The van der Waals surface area contributed by atoms with Crippen LogP contribution in [0.15, 0.2) is 36.5 Å². The minimum absolute atomic E-state index is 0.109. The number of unbranched alkanes of at least 4 members (excludes halogenated alkanes) is 1. The summed E-state index contributed by atoms with van der Waals surface area (Å²) in [5.41, 5.74) is 7.17. The first kappa shape index (κ1) is 13.4. The molecule has 100 valence electrons. The lowest BCUT2D eigenvalue weighted by Gasteiger charge is -2.10. The summed E-state index contributed by atoms with van der Waals surface area (Å²) >= 11 is 0. The predicted octanol–water partition coefficient (Wildman–Crippen LogP) is 1.97. The Labute approximate surface area is 112 Å². The molecule has 0 amide bonds. The predicted molar refractivity (Wildman–Crippen MR) is 73.2 cm³/mol. The van der Waals surface area contributed by atoms with Crippen molar-refractivity contribution in [2.24, 2.45) is 5.73 Å². The summed E-state index contributed by atoms with van der Waals surface area (Å²) in [7, 11) is 0. The van der Waals surface area contributed by atoms with Gasteiger partial charge < -0.3 is 5.73 Å². The molecular formula is C14H18N4O. The van der Waals surface area contributed by atoms with Crippen LogP contribution in [0.25, 0.3) is 5.69 Å². The molecule has 0 fully saturated rings. The van der Waals surface area contributed by atoms with Crippen molar-refractivity contribution in [3.8, 4) is 5.69 Å². The van der Waals surface area contributed by atoms with Gasteiger partial charge in [0.2, 0.25) is 0 Å². The SMILES string of the molecule is CCCCC(N)C(=O)c1cnnn1-c1ccccc1. The van der Waals surface area contributed by atoms with Crippen molar-refractivity contribution in [2.45, 2.75) is 32.2 Å². The number of aromatic nitrogens is 3. The Morgan fingerprint density at radius 2 is 2.11 bits per heavy atom. The molecule has 1 unspecified atom stereocenters. The Balaban J connectivity index is 2.22. The number of nitrogens with zero attached hydrogens (tertiary/aromatic N) is 3. The third-order valence-corrected chi connectivity index (χ3v) is 3.01. The Bertz CT molecular complexity index is 535. The molecule has 0 spiro atoms. The molecule has 2 rings (SSSR count). The van der Waals surface area contributed by atoms with Crippen LogP contribution in [0.5, 0.6) is 0 Å². The molecule has 0 radical (unpaired) electrons. The van der Waals surface area contributed by atoms with Gasteiger partial charge in [0.1, 0.15) is 5.69 Å². The van der Waals surface area contributed by atoms with Crippen LogP contribution in [0.3, 0.4) is 0 Å². The highest BCUT2D eigenvalue weighted by Gasteiger charge is 2.20. The van der Waals surface area contributed by atoms with Crippen molar-refractivity contribution in [2.75, 3.05) is 0 Å². The average Bonchev–Trinajstić information content (AvgIpc) is 2.94. The second kappa shape index (κ2) is 6.24. The van der Waals surface area contributed by atoms with Crippen LogP contribution in [-0.2, 0) is 0 Å². The molecule has 0 bridgehead atoms. The largest absolute Gasteiger partial charge is 0.321 e. The fourth-order valence-corrected chi connectivity index (χ4v) is 1.91. The molecule has 2 aromatic rings. The number of carbonyl (C=O) groups is 1. The molecule has 0 aliphatic rings. The molecule has 0 saturated carbocycles. The van der Waals surface area contributed by atoms with E-state index in [2.05, 4.69) is 17.2 Å². The quantitative estimate of drug-likeness (QED) is 0.804. The van der Waals surface area contributed by atoms with Crippen LogP contribution in [0, 0.1) is 0 Å². The summed E-state index contributed by atoms with van der Waals surface area (Å²) in [4.78, 5) is 12.3. The number of ketones is 1. The Kier molecular flexibility index (Phi) is 4.41. The zero-order valence-corrected chi connectivity index (χ0v) is 11.0. The topological polar surface area (TPSA) is 73.8 Å². The second-order valence-electron chi connectivity index (χ2n) is 4.48. The number of para-hydroxylation sites is 1. The summed E-state index contributed by atoms with van der Waals surface area (Å²) in [5.74, 6) is -0.109. The first-order valence-corrected chi connectivity index (χ1v) is 6.50. The van der Waals surface area contributed by atoms with E-state index in [1.54, 1.807) is 0 Å². The van der Waals surface area contributed by atoms with Crippen LogP contribution >= 0.6 is 0 Å². The molecule has 1 aromatic heterocycles. The lowest BCUT2D eigenvalue weighted by molar-refractivity contribution is 0.0948. The third-order valence-electron chi connectivity index (χ3n) is 3.01. The van der Waals surface area contributed by atoms with Gasteiger partial charge in [-0.1, -0.05) is 43.2 Å². The first-order chi connectivity index (χ1) is 9.24. The molecule has 2 N–H and O–H groups in total. The summed E-state index contributed by atoms with van der Waals surface area (Å²) in [6, 6.07) is 8.96. The maximum atomic E-state index is 12.3. The maximum Gasteiger partial charge on any atom is 0.199 e. The van der Waals surface area contributed by atoms with Gasteiger partial charge in [0, 0.05) is 0 Å². The molecule has 5 nitrogen and oxygen atoms in total. The molecule has 0 saturated heterocycles. The lowest BCUT2D eigenvalue weighted by Crippen LogP contribution is -2.31. The number of hydrogen-bond acceptors (Lipinski definition) is 4. The van der Waals surface area contributed by atoms with Gasteiger partial charge >= 0.3 is 0 Å². The molecule has 0 aliphatic carbocycles. The van der Waals surface area contributed by atoms with E-state index in [1.165, 1.54) is 10.9 Å². The van der Waals surface area contributed by atoms with Crippen molar-refractivity contribution in [3.63, 3.8) is 0 Å². The number of nitrogens with two attached hydrogens (primary N) is 1. The van der Waals surface area contributed by atoms with Gasteiger partial charge in [0.05, 0.1) is 17.9 Å². The van der Waals surface area contributed by atoms with E-state index in [0.29, 0.717) is 12.1 Å². The number of rotatable bonds is 6. The van der Waals surface area contributed by atoms with Gasteiger partial charge in [0.25, 0.3) is 0 Å². The maximum absolute atomic E-state index is 12.3. The number of hydrogen-bond donors (Lipinski definition) is 1. The molecule has 1 aromatic carbocycles. The Morgan fingerprint density at radius 1 is 1.37 bits per heavy atom. The minimum atomic E-state index is -0.485. The summed E-state index contributed by atoms with van der Waals surface area (Å²) in [5, 5.41) is 7.78. The van der Waals surface area contributed by atoms with Crippen molar-refractivity contribution in [1.82, 2.24) is 15.0 Å². The van der Waals surface area contributed by atoms with Gasteiger partial charge in [-0.3, -0.25) is 4.79 Å². The minimum Gasteiger partial charge on any atom is -0.321 e. The van der Waals surface area contributed by atoms with Gasteiger partial charge in [-0.05, 0) is 18.6 Å². The Hall–Kier alpha value is -2.01. The summed E-state index contributed by atoms with van der Waals surface area (Å²) in [6.07, 6.45) is 4.13. The molecule has 19 heavy (non-hydrogen) atoms. The van der Waals surface area contributed by atoms with Crippen molar-refractivity contribution < 1.29 is 4.79 Å². The fraction of sp³-hybridized carbons (Fsp3) is 0.357. The van der Waals surface area contributed by atoms with E-state index in [4.69, 9.17) is 5.73 Å². The molecular weight excluding hydrogens is 240 g/mol.